The highest BCUT2D eigenvalue weighted by molar-refractivity contribution is 9.12. The smallest absolute Gasteiger partial charge is 0.486 e. The molecule has 134 heavy (non-hydrogen) atoms. The van der Waals surface area contributed by atoms with Gasteiger partial charge in [0.2, 0.25) is 28.9 Å². The number of carbonyl (C=O) groups is 9. The van der Waals surface area contributed by atoms with Crippen molar-refractivity contribution >= 4 is 160 Å². The topological polar surface area (TPSA) is 408 Å². The number of ether oxygens (including phenoxy) is 19. The molecule has 16 rings (SSSR count). The SMILES string of the molecule is C=CC.COc1ccc(/C=C/OC=O)c2c1C(=O)OC(C)(C)O2.COc1ccc(/C=C\B2OC3CC4CC(C4(C)C)[C@]3(C)O2)c2c1C(=O)OC(C)(C)O2.COc1ccc(/C=C\Br)c2c1C(=O)OC(C)(C)O2.COc1ccc(Br)c(O)c1C(=O)O.COc1ccc(Br)c2c1C(=O)OC(C)(C)O2.COc1ccc(C(Br)C(Br)OC=O)c2c1C(=O)OC(C)(C)O2.COc1cccc(C)c1C(=O)O. The highest BCUT2D eigenvalue weighted by Gasteiger charge is 2.67. The van der Waals surface area contributed by atoms with Gasteiger partial charge < -0.3 is 115 Å². The van der Waals surface area contributed by atoms with Gasteiger partial charge >= 0.3 is 48.9 Å². The summed E-state index contributed by atoms with van der Waals surface area (Å²) >= 11 is 16.2. The number of cyclic esters (lactones) is 5. The lowest BCUT2D eigenvalue weighted by molar-refractivity contribution is -0.199. The second-order valence-corrected chi connectivity index (χ2v) is 36.9. The minimum absolute atomic E-state index is 0.124. The van der Waals surface area contributed by atoms with Crippen molar-refractivity contribution < 1.29 is 158 Å². The summed E-state index contributed by atoms with van der Waals surface area (Å²) in [6.07, 6.45) is 10.6. The number of carboxylic acid groups (broad SMARTS) is 2. The molecule has 6 aliphatic heterocycles. The Balaban J connectivity index is 0.000000195. The highest BCUT2D eigenvalue weighted by atomic mass is 79.9. The number of rotatable bonds is 19. The summed E-state index contributed by atoms with van der Waals surface area (Å²) in [6.45, 7) is 31.2. The number of fused-ring (bicyclic) bond motifs is 5. The number of halogens is 5. The third-order valence-corrected chi connectivity index (χ3v) is 25.1. The Hall–Kier alpha value is -11.5. The van der Waals surface area contributed by atoms with Crippen LogP contribution in [0.5, 0.6) is 74.7 Å². The van der Waals surface area contributed by atoms with Crippen LogP contribution in [0.2, 0.25) is 0 Å². The third kappa shape index (κ3) is 25.2. The van der Waals surface area contributed by atoms with Crippen molar-refractivity contribution in [2.24, 2.45) is 17.3 Å². The number of hydrogen-bond donors (Lipinski definition) is 3. The minimum atomic E-state index is -1.23. The molecular formula is C95H104BBr5O33. The molecule has 0 aromatic heterocycles. The zero-order chi connectivity index (χ0) is 99.8. The Kier molecular flexibility index (Phi) is 36.4. The van der Waals surface area contributed by atoms with E-state index in [1.165, 1.54) is 80.7 Å². The highest BCUT2D eigenvalue weighted by Crippen LogP contribution is 2.66. The molecule has 0 amide bonds. The van der Waals surface area contributed by atoms with Crippen LogP contribution in [0.1, 0.15) is 215 Å². The molecule has 720 valence electrons. The van der Waals surface area contributed by atoms with Crippen LogP contribution in [0.3, 0.4) is 0 Å². The molecule has 3 N–H and O–H groups in total. The van der Waals surface area contributed by atoms with E-state index in [9.17, 15) is 48.3 Å². The fourth-order valence-electron chi connectivity index (χ4n) is 15.2. The van der Waals surface area contributed by atoms with Gasteiger partial charge in [-0.15, -0.1) is 6.58 Å². The summed E-state index contributed by atoms with van der Waals surface area (Å²) in [7, 11) is 9.81. The Labute approximate surface area is 817 Å². The number of esters is 5. The molecule has 0 spiro atoms. The van der Waals surface area contributed by atoms with E-state index >= 15 is 0 Å². The summed E-state index contributed by atoms with van der Waals surface area (Å²) in [4.78, 5) is 104. The third-order valence-electron chi connectivity index (χ3n) is 21.2. The molecule has 2 bridgehead atoms. The molecule has 39 heteroatoms. The molecular weight excluding hydrogens is 2080 g/mol. The lowest BCUT2D eigenvalue weighted by atomic mass is 9.43. The van der Waals surface area contributed by atoms with E-state index in [2.05, 4.69) is 112 Å². The van der Waals surface area contributed by atoms with Crippen LogP contribution in [-0.4, -0.2) is 173 Å². The predicted molar refractivity (Wildman–Crippen MR) is 508 cm³/mol. The van der Waals surface area contributed by atoms with Crippen molar-refractivity contribution in [1.82, 2.24) is 0 Å². The van der Waals surface area contributed by atoms with E-state index in [0.717, 1.165) is 17.5 Å². The summed E-state index contributed by atoms with van der Waals surface area (Å²) in [5, 5.41) is 26.3. The zero-order valence-corrected chi connectivity index (χ0v) is 85.4. The largest absolute Gasteiger partial charge is 0.506 e. The first-order valence-corrected chi connectivity index (χ1v) is 45.2. The number of allylic oxidation sites excluding steroid dienone is 1. The molecule has 6 atom stereocenters. The maximum atomic E-state index is 12.6. The lowest BCUT2D eigenvalue weighted by Crippen LogP contribution is -2.65. The average molecular weight is 2180 g/mol. The quantitative estimate of drug-likeness (QED) is 0.0129. The molecule has 7 aromatic rings. The van der Waals surface area contributed by atoms with Gasteiger partial charge in [0.25, 0.3) is 12.9 Å². The molecule has 7 aromatic carbocycles. The monoisotopic (exact) mass is 2180 g/mol. The van der Waals surface area contributed by atoms with E-state index < -0.39 is 87.7 Å². The summed E-state index contributed by atoms with van der Waals surface area (Å²) < 4.78 is 114. The van der Waals surface area contributed by atoms with Crippen LogP contribution >= 0.6 is 79.6 Å². The summed E-state index contributed by atoms with van der Waals surface area (Å²) in [5.41, 5.74) is 4.85. The van der Waals surface area contributed by atoms with Gasteiger partial charge in [-0.05, 0) is 194 Å². The van der Waals surface area contributed by atoms with Gasteiger partial charge in [0.15, 0.2) is 10.8 Å². The van der Waals surface area contributed by atoms with Gasteiger partial charge in [0.1, 0.15) is 108 Å². The van der Waals surface area contributed by atoms with Crippen LogP contribution in [0, 0.1) is 24.2 Å². The molecule has 0 radical (unpaired) electrons. The minimum Gasteiger partial charge on any atom is -0.506 e. The number of alkyl halides is 2. The standard InChI is InChI=1S/C23H29BO6.C14H14Br2O6.C14H14O6.C13H13BrO4.C11H11BrO4.C9H10O3.C8H7BrO4.C3H6/c1-21(2)14-11-16(21)23(5)17(12-14)29-24(30-23)10-9-13-7-8-15(26-6)18-19(13)27-22(3,4)28-20(18)25;1-14(2)21-11-7(10(15)12(16)20-6-17)4-5-8(19-3)9(11)13(18)22-14;1-14(2)19-12-9(6-7-18-8-15)4-5-10(17-3)11(12)13(16)20-14;1-13(2)17-11-8(6-7-14)4-5-9(16-3)10(11)12(15)18-13;1-11(2)15-9-6(12)4-5-7(14-3)8(9)10(13)16-11;1-6-4-3-5-7(12-2)8(6)9(10)11;1-13-5-3-2-4(9)7(10)6(5)8(11)12;1-3-2/h7-10,14,16-17H,11-12H2,1-6H3;4-6,10,12H,1-3H3;4-8H,1-3H3;4-7H,1-3H3;4-5H,1-3H3;3-5H,1-2H3,(H,10,11);2-3,10H,1H3,(H,11,12);3H,1H2,2H3/b10-9-;;7-6+;7-6-;;;;/t14?,16?,17?,23-;;;;;;;/m0......./s1. The predicted octanol–water partition coefficient (Wildman–Crippen LogP) is 20.5. The van der Waals surface area contributed by atoms with E-state index in [1.54, 1.807) is 160 Å². The fraction of sp³-hybridized carbons (Fsp3) is 0.379. The van der Waals surface area contributed by atoms with Crippen molar-refractivity contribution in [1.29, 1.82) is 0 Å². The second kappa shape index (κ2) is 45.2. The van der Waals surface area contributed by atoms with Crippen molar-refractivity contribution in [2.75, 3.05) is 49.8 Å². The maximum Gasteiger partial charge on any atom is 0.486 e. The Bertz CT molecular complexity index is 5660. The second-order valence-electron chi connectivity index (χ2n) is 32.8. The molecule has 4 fully saturated rings. The molecule has 5 unspecified atom stereocenters. The number of hydrogen-bond acceptors (Lipinski definition) is 31. The lowest BCUT2D eigenvalue weighted by Gasteiger charge is -2.64. The molecule has 3 saturated carbocycles. The van der Waals surface area contributed by atoms with Gasteiger partial charge in [0.05, 0.1) is 81.5 Å². The average Bonchev–Trinajstić information content (AvgIpc) is 1.46. The number of benzene rings is 7. The molecule has 33 nitrogen and oxygen atoms in total. The molecule has 3 aliphatic carbocycles. The van der Waals surface area contributed by atoms with E-state index in [1.807, 2.05) is 31.1 Å². The van der Waals surface area contributed by atoms with Crippen molar-refractivity contribution in [3.63, 3.8) is 0 Å². The van der Waals surface area contributed by atoms with Crippen LogP contribution in [0.4, 0.5) is 0 Å². The van der Waals surface area contributed by atoms with Crippen LogP contribution < -0.4 is 56.8 Å². The summed E-state index contributed by atoms with van der Waals surface area (Å²) in [6, 6.07) is 25.4. The van der Waals surface area contributed by atoms with Gasteiger partial charge in [-0.2, -0.15) is 0 Å². The number of aromatic carboxylic acids is 2. The van der Waals surface area contributed by atoms with Gasteiger partial charge in [-0.1, -0.05) is 82.0 Å². The number of phenols is 1. The Morgan fingerprint density at radius 2 is 0.843 bits per heavy atom. The number of aryl methyl sites for hydroxylation is 1. The first kappa shape index (κ1) is 108. The van der Waals surface area contributed by atoms with Crippen LogP contribution in [0.25, 0.3) is 18.2 Å². The van der Waals surface area contributed by atoms with Gasteiger partial charge in [-0.25, -0.2) is 33.6 Å². The molecule has 6 heterocycles. The molecule has 9 aliphatic rings. The Morgan fingerprint density at radius 1 is 0.478 bits per heavy atom. The van der Waals surface area contributed by atoms with Crippen LogP contribution in [-0.2, 0) is 52.1 Å². The van der Waals surface area contributed by atoms with E-state index in [0.29, 0.717) is 136 Å². The first-order valence-electron chi connectivity index (χ1n) is 40.9. The van der Waals surface area contributed by atoms with Crippen molar-refractivity contribution in [3.8, 4) is 74.7 Å². The number of carbonyl (C=O) groups excluding carboxylic acids is 7. The van der Waals surface area contributed by atoms with Crippen molar-refractivity contribution in [3.05, 3.63) is 197 Å². The molecule has 1 saturated heterocycles. The van der Waals surface area contributed by atoms with Gasteiger partial charge in [-0.3, -0.25) is 9.59 Å². The number of carboxylic acids is 2. The maximum absolute atomic E-state index is 12.6. The van der Waals surface area contributed by atoms with E-state index in [4.69, 9.17) is 105 Å². The normalized spacial score (nSPS) is 19.5. The van der Waals surface area contributed by atoms with Crippen molar-refractivity contribution in [2.45, 2.75) is 167 Å². The van der Waals surface area contributed by atoms with E-state index in [-0.39, 0.29) is 45.5 Å². The summed E-state index contributed by atoms with van der Waals surface area (Å²) in [5.74, 6) is -2.34. The zero-order valence-electron chi connectivity index (χ0n) is 77.4. The number of aromatic hydroxyl groups is 1. The fourth-order valence-corrected chi connectivity index (χ4v) is 17.1. The number of methoxy groups -OCH3 is 7. The van der Waals surface area contributed by atoms with Gasteiger partial charge in [0, 0.05) is 91.5 Å². The first-order chi connectivity index (χ1) is 62.9. The Morgan fingerprint density at radius 3 is 1.24 bits per heavy atom. The van der Waals surface area contributed by atoms with Crippen LogP contribution in [0.15, 0.2) is 130 Å².